The molecule has 1 N–H and O–H groups in total. The quantitative estimate of drug-likeness (QED) is 0.379. The van der Waals surface area contributed by atoms with Crippen LogP contribution >= 0.6 is 23.6 Å². The Bertz CT molecular complexity index is 1270. The summed E-state index contributed by atoms with van der Waals surface area (Å²) in [5.74, 6) is 0. The summed E-state index contributed by atoms with van der Waals surface area (Å²) in [7, 11) is 0. The molecule has 9 heteroatoms. The number of nitrogens with zero attached hydrogens (tertiary/aromatic N) is 5. The SMILES string of the molecule is S=C1N[C@@H](c2ccccn2)[C@@H](c2cccn2-c2nc3ccccc3s2)N1CCCN1CCOCC1. The lowest BCUT2D eigenvalue weighted by molar-refractivity contribution is 0.0365. The number of pyridine rings is 1. The highest BCUT2D eigenvalue weighted by molar-refractivity contribution is 7.80. The van der Waals surface area contributed by atoms with Crippen molar-refractivity contribution < 1.29 is 4.74 Å². The highest BCUT2D eigenvalue weighted by Gasteiger charge is 2.41. The van der Waals surface area contributed by atoms with Gasteiger partial charge >= 0.3 is 0 Å². The van der Waals surface area contributed by atoms with Gasteiger partial charge in [-0.2, -0.15) is 0 Å². The van der Waals surface area contributed by atoms with Crippen LogP contribution in [0.2, 0.25) is 0 Å². The minimum Gasteiger partial charge on any atom is -0.379 e. The van der Waals surface area contributed by atoms with E-state index in [4.69, 9.17) is 21.9 Å². The second kappa shape index (κ2) is 10.0. The molecule has 0 spiro atoms. The molecule has 2 aliphatic rings. The van der Waals surface area contributed by atoms with Crippen LogP contribution in [0.25, 0.3) is 15.3 Å². The highest BCUT2D eigenvalue weighted by Crippen LogP contribution is 2.40. The maximum Gasteiger partial charge on any atom is 0.194 e. The van der Waals surface area contributed by atoms with Crippen LogP contribution in [-0.2, 0) is 4.74 Å². The maximum absolute atomic E-state index is 5.88. The molecule has 2 aliphatic heterocycles. The molecule has 4 aromatic rings. The molecule has 0 unspecified atom stereocenters. The summed E-state index contributed by atoms with van der Waals surface area (Å²) in [6.45, 7) is 5.57. The van der Waals surface area contributed by atoms with Gasteiger partial charge in [-0.05, 0) is 55.0 Å². The Hall–Kier alpha value is -2.85. The first-order valence-electron chi connectivity index (χ1n) is 12.1. The summed E-state index contributed by atoms with van der Waals surface area (Å²) < 4.78 is 8.91. The highest BCUT2D eigenvalue weighted by atomic mass is 32.1. The molecular formula is C26H28N6OS2. The molecule has 2 saturated heterocycles. The van der Waals surface area contributed by atoms with Crippen LogP contribution in [-0.4, -0.2) is 68.8 Å². The second-order valence-electron chi connectivity index (χ2n) is 8.89. The molecule has 35 heavy (non-hydrogen) atoms. The molecule has 0 amide bonds. The van der Waals surface area contributed by atoms with Crippen molar-refractivity contribution in [3.05, 3.63) is 78.4 Å². The van der Waals surface area contributed by atoms with E-state index in [2.05, 4.69) is 67.3 Å². The molecule has 5 heterocycles. The lowest BCUT2D eigenvalue weighted by Gasteiger charge is -2.30. The normalized spacial score (nSPS) is 21.0. The molecular weight excluding hydrogens is 476 g/mol. The second-order valence-corrected chi connectivity index (χ2v) is 10.3. The summed E-state index contributed by atoms with van der Waals surface area (Å²) >= 11 is 7.59. The number of rotatable bonds is 7. The fraction of sp³-hybridized carbons (Fsp3) is 0.346. The van der Waals surface area contributed by atoms with Crippen LogP contribution in [0.4, 0.5) is 0 Å². The van der Waals surface area contributed by atoms with Gasteiger partial charge < -0.3 is 15.0 Å². The zero-order chi connectivity index (χ0) is 23.6. The standard InChI is InChI=1S/C26H28N6OS2/c34-25-29-23(20-8-3-4-11-27-20)24(32(25)14-6-12-30-15-17-33-18-16-30)21-9-5-13-31(21)26-28-19-7-1-2-10-22(19)35-26/h1-5,7-11,13,23-24H,6,12,14-18H2,(H,29,34)/t23-,24+/m0/s1. The lowest BCUT2D eigenvalue weighted by Crippen LogP contribution is -2.39. The van der Waals surface area contributed by atoms with Crippen molar-refractivity contribution in [2.75, 3.05) is 39.4 Å². The van der Waals surface area contributed by atoms with Crippen molar-refractivity contribution in [1.29, 1.82) is 0 Å². The van der Waals surface area contributed by atoms with Crippen molar-refractivity contribution in [2.45, 2.75) is 18.5 Å². The fourth-order valence-electron chi connectivity index (χ4n) is 5.03. The summed E-state index contributed by atoms with van der Waals surface area (Å²) in [5.41, 5.74) is 3.18. The van der Waals surface area contributed by atoms with E-state index in [1.807, 2.05) is 24.4 Å². The molecule has 7 nitrogen and oxygen atoms in total. The van der Waals surface area contributed by atoms with Gasteiger partial charge in [-0.25, -0.2) is 4.98 Å². The number of hydrogen-bond donors (Lipinski definition) is 1. The van der Waals surface area contributed by atoms with Crippen molar-refractivity contribution in [3.8, 4) is 5.13 Å². The molecule has 0 bridgehead atoms. The monoisotopic (exact) mass is 504 g/mol. The summed E-state index contributed by atoms with van der Waals surface area (Å²) in [6.07, 6.45) is 5.00. The van der Waals surface area contributed by atoms with Gasteiger partial charge in [-0.3, -0.25) is 14.5 Å². The van der Waals surface area contributed by atoms with E-state index in [0.29, 0.717) is 0 Å². The van der Waals surface area contributed by atoms with E-state index >= 15 is 0 Å². The number of morpholine rings is 1. The van der Waals surface area contributed by atoms with E-state index in [0.717, 1.165) is 67.3 Å². The van der Waals surface area contributed by atoms with Gasteiger partial charge in [0.2, 0.25) is 0 Å². The van der Waals surface area contributed by atoms with E-state index in [1.165, 1.54) is 10.4 Å². The molecule has 2 atom stereocenters. The van der Waals surface area contributed by atoms with E-state index < -0.39 is 0 Å². The van der Waals surface area contributed by atoms with Gasteiger partial charge in [0.1, 0.15) is 0 Å². The molecule has 0 radical (unpaired) electrons. The van der Waals surface area contributed by atoms with Gasteiger partial charge in [-0.15, -0.1) is 0 Å². The number of nitrogens with one attached hydrogen (secondary N) is 1. The number of para-hydroxylation sites is 1. The Morgan fingerprint density at radius 1 is 1.03 bits per heavy atom. The smallest absolute Gasteiger partial charge is 0.194 e. The molecule has 6 rings (SSSR count). The van der Waals surface area contributed by atoms with Crippen molar-refractivity contribution in [1.82, 2.24) is 29.7 Å². The van der Waals surface area contributed by atoms with Crippen molar-refractivity contribution >= 4 is 38.9 Å². The molecule has 0 saturated carbocycles. The summed E-state index contributed by atoms with van der Waals surface area (Å²) in [5, 5.41) is 5.33. The van der Waals surface area contributed by atoms with Gasteiger partial charge in [-0.1, -0.05) is 29.5 Å². The zero-order valence-corrected chi connectivity index (χ0v) is 21.0. The Balaban J connectivity index is 1.33. The Kier molecular flexibility index (Phi) is 6.47. The van der Waals surface area contributed by atoms with Gasteiger partial charge in [0, 0.05) is 38.6 Å². The minimum absolute atomic E-state index is 0.0177. The number of thiazole rings is 1. The van der Waals surface area contributed by atoms with Crippen LogP contribution in [0.1, 0.15) is 29.9 Å². The predicted molar refractivity (Wildman–Crippen MR) is 143 cm³/mol. The first-order chi connectivity index (χ1) is 17.3. The third-order valence-corrected chi connectivity index (χ3v) is 8.13. The van der Waals surface area contributed by atoms with E-state index in [9.17, 15) is 0 Å². The largest absolute Gasteiger partial charge is 0.379 e. The topological polar surface area (TPSA) is 58.5 Å². The predicted octanol–water partition coefficient (Wildman–Crippen LogP) is 4.18. The lowest BCUT2D eigenvalue weighted by atomic mass is 10.0. The average Bonchev–Trinajstić information content (AvgIpc) is 3.62. The fourth-order valence-corrected chi connectivity index (χ4v) is 6.33. The number of aromatic nitrogens is 3. The van der Waals surface area contributed by atoms with Crippen LogP contribution in [0.5, 0.6) is 0 Å². The van der Waals surface area contributed by atoms with Gasteiger partial charge in [0.25, 0.3) is 0 Å². The number of benzene rings is 1. The van der Waals surface area contributed by atoms with Gasteiger partial charge in [0.05, 0.1) is 46.9 Å². The Morgan fingerprint density at radius 2 is 1.89 bits per heavy atom. The Labute approximate surface area is 214 Å². The summed E-state index contributed by atoms with van der Waals surface area (Å²) in [6, 6.07) is 18.6. The third kappa shape index (κ3) is 4.56. The molecule has 180 valence electrons. The Morgan fingerprint density at radius 3 is 2.71 bits per heavy atom. The van der Waals surface area contributed by atoms with Crippen molar-refractivity contribution in [2.24, 2.45) is 0 Å². The molecule has 3 aromatic heterocycles. The van der Waals surface area contributed by atoms with Gasteiger partial charge in [0.15, 0.2) is 10.2 Å². The van der Waals surface area contributed by atoms with Crippen LogP contribution in [0, 0.1) is 0 Å². The minimum atomic E-state index is -0.0323. The average molecular weight is 505 g/mol. The number of thiocarbonyl (C=S) groups is 1. The van der Waals surface area contributed by atoms with Crippen LogP contribution < -0.4 is 5.32 Å². The zero-order valence-electron chi connectivity index (χ0n) is 19.4. The molecule has 2 fully saturated rings. The third-order valence-electron chi connectivity index (χ3n) is 6.75. The van der Waals surface area contributed by atoms with E-state index in [1.54, 1.807) is 11.3 Å². The van der Waals surface area contributed by atoms with Crippen molar-refractivity contribution in [3.63, 3.8) is 0 Å². The maximum atomic E-state index is 5.88. The first kappa shape index (κ1) is 22.6. The number of fused-ring (bicyclic) bond motifs is 1. The molecule has 0 aliphatic carbocycles. The summed E-state index contributed by atoms with van der Waals surface area (Å²) in [4.78, 5) is 14.4. The van der Waals surface area contributed by atoms with E-state index in [-0.39, 0.29) is 12.1 Å². The first-order valence-corrected chi connectivity index (χ1v) is 13.3. The molecule has 1 aromatic carbocycles. The van der Waals surface area contributed by atoms with Crippen LogP contribution in [0.3, 0.4) is 0 Å². The van der Waals surface area contributed by atoms with Crippen LogP contribution in [0.15, 0.2) is 67.0 Å². The number of ether oxygens (including phenoxy) is 1. The number of hydrogen-bond acceptors (Lipinski definition) is 6.